The van der Waals surface area contributed by atoms with E-state index in [-0.39, 0.29) is 12.1 Å². The van der Waals surface area contributed by atoms with Gasteiger partial charge in [-0.3, -0.25) is 9.59 Å². The van der Waals surface area contributed by atoms with E-state index in [2.05, 4.69) is 10.6 Å². The van der Waals surface area contributed by atoms with E-state index in [1.807, 2.05) is 35.8 Å². The minimum atomic E-state index is -0.599. The fourth-order valence-electron chi connectivity index (χ4n) is 2.42. The monoisotopic (exact) mass is 325 g/mol. The lowest BCUT2D eigenvalue weighted by molar-refractivity contribution is -0.139. The van der Waals surface area contributed by atoms with Crippen LogP contribution in [0.1, 0.15) is 24.4 Å². The lowest BCUT2D eigenvalue weighted by Gasteiger charge is -2.23. The van der Waals surface area contributed by atoms with Crippen LogP contribution >= 0.6 is 11.3 Å². The summed E-state index contributed by atoms with van der Waals surface area (Å²) in [6.45, 7) is 1.53. The quantitative estimate of drug-likeness (QED) is 0.758. The maximum Gasteiger partial charge on any atom is 0.309 e. The van der Waals surface area contributed by atoms with E-state index in [9.17, 15) is 9.59 Å². The van der Waals surface area contributed by atoms with E-state index < -0.39 is 11.8 Å². The number of nitrogens with zero attached hydrogens (tertiary/aromatic N) is 1. The second-order valence-corrected chi connectivity index (χ2v) is 6.37. The van der Waals surface area contributed by atoms with Crippen LogP contribution in [0.25, 0.3) is 0 Å². The summed E-state index contributed by atoms with van der Waals surface area (Å²) in [5.41, 5.74) is 1.13. The summed E-state index contributed by atoms with van der Waals surface area (Å²) >= 11 is 1.62. The SMILES string of the molecule is CN(C)C(CNC(=O)C(=O)NCC1CCCO1)c1ccsc1. The van der Waals surface area contributed by atoms with E-state index >= 15 is 0 Å². The Labute approximate surface area is 134 Å². The number of amides is 2. The van der Waals surface area contributed by atoms with Crippen molar-refractivity contribution in [2.45, 2.75) is 25.0 Å². The molecule has 6 nitrogen and oxygen atoms in total. The van der Waals surface area contributed by atoms with Gasteiger partial charge in [0, 0.05) is 19.7 Å². The number of rotatable bonds is 6. The number of ether oxygens (including phenoxy) is 1. The minimum Gasteiger partial charge on any atom is -0.376 e. The van der Waals surface area contributed by atoms with Crippen molar-refractivity contribution >= 4 is 23.2 Å². The van der Waals surface area contributed by atoms with Crippen molar-refractivity contribution in [3.8, 4) is 0 Å². The third-order valence-electron chi connectivity index (χ3n) is 3.73. The largest absolute Gasteiger partial charge is 0.376 e. The topological polar surface area (TPSA) is 70.7 Å². The summed E-state index contributed by atoms with van der Waals surface area (Å²) in [5, 5.41) is 9.38. The fraction of sp³-hybridized carbons (Fsp3) is 0.600. The number of carbonyl (C=O) groups is 2. The Kier molecular flexibility index (Phi) is 6.35. The van der Waals surface area contributed by atoms with Crippen molar-refractivity contribution < 1.29 is 14.3 Å². The summed E-state index contributed by atoms with van der Waals surface area (Å²) < 4.78 is 5.41. The van der Waals surface area contributed by atoms with Crippen molar-refractivity contribution in [1.82, 2.24) is 15.5 Å². The van der Waals surface area contributed by atoms with Gasteiger partial charge in [0.15, 0.2) is 0 Å². The number of nitrogens with one attached hydrogen (secondary N) is 2. The zero-order valence-corrected chi connectivity index (χ0v) is 13.8. The predicted molar refractivity (Wildman–Crippen MR) is 85.7 cm³/mol. The van der Waals surface area contributed by atoms with Crippen LogP contribution in [-0.2, 0) is 14.3 Å². The predicted octanol–water partition coefficient (Wildman–Crippen LogP) is 0.762. The maximum absolute atomic E-state index is 11.9. The summed E-state index contributed by atoms with van der Waals surface area (Å²) in [6, 6.07) is 2.08. The second kappa shape index (κ2) is 8.26. The molecule has 1 aliphatic rings. The first-order valence-corrected chi connectivity index (χ1v) is 8.38. The van der Waals surface area contributed by atoms with Crippen LogP contribution in [0.15, 0.2) is 16.8 Å². The van der Waals surface area contributed by atoms with Crippen LogP contribution in [0, 0.1) is 0 Å². The molecule has 7 heteroatoms. The molecule has 2 rings (SSSR count). The van der Waals surface area contributed by atoms with Crippen LogP contribution in [0.3, 0.4) is 0 Å². The molecular weight excluding hydrogens is 302 g/mol. The van der Waals surface area contributed by atoms with Gasteiger partial charge in [-0.25, -0.2) is 0 Å². The number of hydrogen-bond acceptors (Lipinski definition) is 5. The molecule has 22 heavy (non-hydrogen) atoms. The van der Waals surface area contributed by atoms with Crippen LogP contribution in [0.2, 0.25) is 0 Å². The van der Waals surface area contributed by atoms with Gasteiger partial charge < -0.3 is 20.3 Å². The molecule has 2 atom stereocenters. The average Bonchev–Trinajstić information content (AvgIpc) is 3.17. The molecule has 2 N–H and O–H groups in total. The summed E-state index contributed by atoms with van der Waals surface area (Å²) in [5.74, 6) is -1.20. The Balaban J connectivity index is 1.76. The van der Waals surface area contributed by atoms with Crippen LogP contribution in [0.5, 0.6) is 0 Å². The zero-order chi connectivity index (χ0) is 15.9. The van der Waals surface area contributed by atoms with E-state index in [1.54, 1.807) is 11.3 Å². The molecule has 2 heterocycles. The van der Waals surface area contributed by atoms with Gasteiger partial charge in [-0.1, -0.05) is 0 Å². The van der Waals surface area contributed by atoms with Crippen molar-refractivity contribution in [2.24, 2.45) is 0 Å². The highest BCUT2D eigenvalue weighted by molar-refractivity contribution is 7.07. The maximum atomic E-state index is 11.9. The third-order valence-corrected chi connectivity index (χ3v) is 4.43. The minimum absolute atomic E-state index is 0.0390. The Morgan fingerprint density at radius 3 is 2.77 bits per heavy atom. The molecule has 1 aromatic heterocycles. The van der Waals surface area contributed by atoms with E-state index in [1.165, 1.54) is 0 Å². The Morgan fingerprint density at radius 1 is 1.41 bits per heavy atom. The molecule has 2 unspecified atom stereocenters. The molecular formula is C15H23N3O3S. The Hall–Kier alpha value is -1.44. The van der Waals surface area contributed by atoms with Gasteiger partial charge in [0.1, 0.15) is 0 Å². The van der Waals surface area contributed by atoms with Crippen LogP contribution in [-0.4, -0.2) is 56.6 Å². The molecule has 2 amide bonds. The zero-order valence-electron chi connectivity index (χ0n) is 13.0. The number of carbonyl (C=O) groups excluding carboxylic acids is 2. The standard InChI is InChI=1S/C15H23N3O3S/c1-18(2)13(11-5-7-22-10-11)9-17-15(20)14(19)16-8-12-4-3-6-21-12/h5,7,10,12-13H,3-4,6,8-9H2,1-2H3,(H,16,19)(H,17,20). The highest BCUT2D eigenvalue weighted by Crippen LogP contribution is 2.19. The van der Waals surface area contributed by atoms with Crippen LogP contribution in [0.4, 0.5) is 0 Å². The van der Waals surface area contributed by atoms with Gasteiger partial charge in [-0.15, -0.1) is 0 Å². The van der Waals surface area contributed by atoms with Crippen LogP contribution < -0.4 is 10.6 Å². The number of thiophene rings is 1. The number of hydrogen-bond donors (Lipinski definition) is 2. The molecule has 0 radical (unpaired) electrons. The smallest absolute Gasteiger partial charge is 0.309 e. The molecule has 0 spiro atoms. The first-order chi connectivity index (χ1) is 10.6. The normalized spacial score (nSPS) is 19.1. The van der Waals surface area contributed by atoms with Crippen molar-refractivity contribution in [2.75, 3.05) is 33.8 Å². The van der Waals surface area contributed by atoms with E-state index in [0.717, 1.165) is 25.0 Å². The summed E-state index contributed by atoms with van der Waals surface area (Å²) in [4.78, 5) is 25.7. The lowest BCUT2D eigenvalue weighted by atomic mass is 10.1. The highest BCUT2D eigenvalue weighted by Gasteiger charge is 2.21. The van der Waals surface area contributed by atoms with Gasteiger partial charge in [0.25, 0.3) is 0 Å². The first kappa shape index (κ1) is 16.9. The molecule has 0 aliphatic carbocycles. The average molecular weight is 325 g/mol. The Bertz CT molecular complexity index is 484. The van der Waals surface area contributed by atoms with Gasteiger partial charge in [0.2, 0.25) is 0 Å². The third kappa shape index (κ3) is 4.79. The van der Waals surface area contributed by atoms with Gasteiger partial charge in [-0.2, -0.15) is 11.3 Å². The first-order valence-electron chi connectivity index (χ1n) is 7.44. The molecule has 0 saturated carbocycles. The lowest BCUT2D eigenvalue weighted by Crippen LogP contribution is -2.44. The Morgan fingerprint density at radius 2 is 2.18 bits per heavy atom. The van der Waals surface area contributed by atoms with E-state index in [4.69, 9.17) is 4.74 Å². The molecule has 1 aliphatic heterocycles. The van der Waals surface area contributed by atoms with Crippen molar-refractivity contribution in [1.29, 1.82) is 0 Å². The highest BCUT2D eigenvalue weighted by atomic mass is 32.1. The molecule has 1 saturated heterocycles. The van der Waals surface area contributed by atoms with Gasteiger partial charge in [-0.05, 0) is 49.3 Å². The van der Waals surface area contributed by atoms with E-state index in [0.29, 0.717) is 13.1 Å². The molecule has 0 aromatic carbocycles. The van der Waals surface area contributed by atoms with Crippen molar-refractivity contribution in [3.05, 3.63) is 22.4 Å². The number of likely N-dealkylation sites (N-methyl/N-ethyl adjacent to an activating group) is 1. The fourth-order valence-corrected chi connectivity index (χ4v) is 3.13. The second-order valence-electron chi connectivity index (χ2n) is 5.59. The summed E-state index contributed by atoms with van der Waals surface area (Å²) in [6.07, 6.45) is 1.98. The molecule has 0 bridgehead atoms. The molecule has 122 valence electrons. The van der Waals surface area contributed by atoms with Crippen molar-refractivity contribution in [3.63, 3.8) is 0 Å². The molecule has 1 fully saturated rings. The van der Waals surface area contributed by atoms with Gasteiger partial charge >= 0.3 is 11.8 Å². The summed E-state index contributed by atoms with van der Waals surface area (Å²) in [7, 11) is 3.90. The van der Waals surface area contributed by atoms with Gasteiger partial charge in [0.05, 0.1) is 12.1 Å². The molecule has 1 aromatic rings.